The number of imidazole rings is 1. The normalized spacial score (nSPS) is 11.0. The van der Waals surface area contributed by atoms with Crippen LogP contribution in [0.3, 0.4) is 0 Å². The van der Waals surface area contributed by atoms with Gasteiger partial charge in [-0.05, 0) is 17.3 Å². The number of para-hydroxylation sites is 2. The summed E-state index contributed by atoms with van der Waals surface area (Å²) in [6, 6.07) is 17.7. The van der Waals surface area contributed by atoms with Crippen molar-refractivity contribution in [3.8, 4) is 11.4 Å². The minimum Gasteiger partial charge on any atom is -0.340 e. The molecule has 6 nitrogen and oxygen atoms in total. The van der Waals surface area contributed by atoms with E-state index in [9.17, 15) is 0 Å². The largest absolute Gasteiger partial charge is 0.340 e. The molecule has 21 heavy (non-hydrogen) atoms. The summed E-state index contributed by atoms with van der Waals surface area (Å²) in [6.07, 6.45) is 0. The quantitative estimate of drug-likeness (QED) is 0.623. The third-order valence-corrected chi connectivity index (χ3v) is 3.21. The predicted molar refractivity (Wildman–Crippen MR) is 78.4 cm³/mol. The third kappa shape index (κ3) is 2.27. The van der Waals surface area contributed by atoms with Crippen LogP contribution in [0.4, 0.5) is 0 Å². The molecule has 0 saturated carbocycles. The van der Waals surface area contributed by atoms with Gasteiger partial charge in [0.2, 0.25) is 5.82 Å². The highest BCUT2D eigenvalue weighted by Crippen LogP contribution is 2.13. The number of rotatable bonds is 3. The molecule has 4 aromatic rings. The van der Waals surface area contributed by atoms with E-state index in [1.165, 1.54) is 0 Å². The molecule has 0 radical (unpaired) electrons. The van der Waals surface area contributed by atoms with Gasteiger partial charge < -0.3 is 4.98 Å². The van der Waals surface area contributed by atoms with Crippen molar-refractivity contribution in [1.29, 1.82) is 0 Å². The van der Waals surface area contributed by atoms with Gasteiger partial charge in [0.15, 0.2) is 0 Å². The summed E-state index contributed by atoms with van der Waals surface area (Å²) in [5, 5.41) is 12.5. The lowest BCUT2D eigenvalue weighted by molar-refractivity contribution is 0.558. The molecular weight excluding hydrogens is 264 g/mol. The molecule has 0 atom stereocenters. The molecule has 4 rings (SSSR count). The topological polar surface area (TPSA) is 72.3 Å². The minimum absolute atomic E-state index is 0.467. The summed E-state index contributed by atoms with van der Waals surface area (Å²) in [7, 11) is 0. The molecule has 0 spiro atoms. The number of aromatic nitrogens is 6. The highest BCUT2D eigenvalue weighted by atomic mass is 15.6. The van der Waals surface area contributed by atoms with E-state index in [0.717, 1.165) is 22.4 Å². The van der Waals surface area contributed by atoms with Crippen molar-refractivity contribution in [2.45, 2.75) is 6.54 Å². The van der Waals surface area contributed by atoms with Crippen molar-refractivity contribution < 1.29 is 0 Å². The van der Waals surface area contributed by atoms with Gasteiger partial charge in [0.05, 0.1) is 11.0 Å². The lowest BCUT2D eigenvalue weighted by atomic mass is 10.2. The first-order valence-corrected chi connectivity index (χ1v) is 6.65. The predicted octanol–water partition coefficient (Wildman–Crippen LogP) is 2.26. The van der Waals surface area contributed by atoms with E-state index in [-0.39, 0.29) is 0 Å². The van der Waals surface area contributed by atoms with Crippen LogP contribution in [0.5, 0.6) is 0 Å². The van der Waals surface area contributed by atoms with Crippen LogP contribution >= 0.6 is 0 Å². The smallest absolute Gasteiger partial charge is 0.204 e. The first-order chi connectivity index (χ1) is 10.4. The fourth-order valence-corrected chi connectivity index (χ4v) is 2.23. The van der Waals surface area contributed by atoms with Gasteiger partial charge in [-0.2, -0.15) is 4.80 Å². The summed E-state index contributed by atoms with van der Waals surface area (Å²) in [5.74, 6) is 1.43. The second-order valence-corrected chi connectivity index (χ2v) is 4.71. The van der Waals surface area contributed by atoms with Crippen LogP contribution < -0.4 is 0 Å². The Kier molecular flexibility index (Phi) is 2.71. The lowest BCUT2D eigenvalue weighted by Crippen LogP contribution is -2.05. The number of hydrogen-bond donors (Lipinski definition) is 1. The van der Waals surface area contributed by atoms with Crippen molar-refractivity contribution in [2.24, 2.45) is 0 Å². The Labute approximate surface area is 120 Å². The molecule has 0 fully saturated rings. The van der Waals surface area contributed by atoms with Crippen LogP contribution in [0.25, 0.3) is 22.4 Å². The Bertz CT molecular complexity index is 844. The summed E-state index contributed by atoms with van der Waals surface area (Å²) in [6.45, 7) is 0.467. The maximum absolute atomic E-state index is 4.51. The van der Waals surface area contributed by atoms with Crippen LogP contribution in [-0.4, -0.2) is 30.2 Å². The molecular formula is C15H12N6. The van der Waals surface area contributed by atoms with Crippen molar-refractivity contribution >= 4 is 11.0 Å². The van der Waals surface area contributed by atoms with Crippen molar-refractivity contribution in [3.63, 3.8) is 0 Å². The number of H-pyrrole nitrogens is 1. The third-order valence-electron chi connectivity index (χ3n) is 3.21. The molecule has 2 heterocycles. The van der Waals surface area contributed by atoms with E-state index in [1.807, 2.05) is 54.6 Å². The molecule has 0 amide bonds. The molecule has 0 saturated heterocycles. The zero-order valence-electron chi connectivity index (χ0n) is 11.1. The fraction of sp³-hybridized carbons (Fsp3) is 0.0667. The Morgan fingerprint density at radius 3 is 2.62 bits per heavy atom. The number of nitrogens with one attached hydrogen (secondary N) is 1. The number of hydrogen-bond acceptors (Lipinski definition) is 4. The van der Waals surface area contributed by atoms with Crippen LogP contribution in [0, 0.1) is 0 Å². The van der Waals surface area contributed by atoms with Gasteiger partial charge >= 0.3 is 0 Å². The zero-order valence-corrected chi connectivity index (χ0v) is 11.1. The fourth-order valence-electron chi connectivity index (χ4n) is 2.23. The number of benzene rings is 2. The summed E-state index contributed by atoms with van der Waals surface area (Å²) in [5.41, 5.74) is 2.90. The average molecular weight is 276 g/mol. The minimum atomic E-state index is 0.467. The Balaban J connectivity index is 1.61. The van der Waals surface area contributed by atoms with Crippen LogP contribution in [0.15, 0.2) is 54.6 Å². The van der Waals surface area contributed by atoms with Crippen molar-refractivity contribution in [3.05, 3.63) is 60.4 Å². The van der Waals surface area contributed by atoms with Crippen molar-refractivity contribution in [1.82, 2.24) is 30.2 Å². The number of tetrazole rings is 1. The highest BCUT2D eigenvalue weighted by Gasteiger charge is 2.08. The second kappa shape index (κ2) is 4.82. The molecule has 0 aliphatic heterocycles. The van der Waals surface area contributed by atoms with Gasteiger partial charge in [-0.25, -0.2) is 4.98 Å². The van der Waals surface area contributed by atoms with Gasteiger partial charge in [0.1, 0.15) is 12.4 Å². The molecule has 2 aromatic carbocycles. The van der Waals surface area contributed by atoms with Crippen LogP contribution in [0.1, 0.15) is 5.82 Å². The van der Waals surface area contributed by atoms with E-state index >= 15 is 0 Å². The molecule has 2 aromatic heterocycles. The molecule has 1 N–H and O–H groups in total. The molecule has 6 heteroatoms. The van der Waals surface area contributed by atoms with Gasteiger partial charge in [-0.3, -0.25) is 0 Å². The van der Waals surface area contributed by atoms with E-state index in [0.29, 0.717) is 12.4 Å². The van der Waals surface area contributed by atoms with E-state index < -0.39 is 0 Å². The average Bonchev–Trinajstić information content (AvgIpc) is 3.14. The monoisotopic (exact) mass is 276 g/mol. The molecule has 0 aliphatic rings. The van der Waals surface area contributed by atoms with E-state index in [2.05, 4.69) is 25.4 Å². The Morgan fingerprint density at radius 2 is 1.76 bits per heavy atom. The zero-order chi connectivity index (χ0) is 14.1. The number of nitrogens with zero attached hydrogens (tertiary/aromatic N) is 5. The maximum atomic E-state index is 4.51. The Morgan fingerprint density at radius 1 is 0.952 bits per heavy atom. The maximum Gasteiger partial charge on any atom is 0.204 e. The standard InChI is InChI=1S/C15H12N6/c1-2-6-11(7-3-1)15-18-20-21(19-15)10-14-16-12-8-4-5-9-13(12)17-14/h1-9H,10H2,(H,16,17). The SMILES string of the molecule is c1ccc(-c2nnn(Cc3nc4ccccc4[nH]3)n2)cc1. The first kappa shape index (κ1) is 11.8. The van der Waals surface area contributed by atoms with Crippen LogP contribution in [0.2, 0.25) is 0 Å². The molecule has 0 aliphatic carbocycles. The number of fused-ring (bicyclic) bond motifs is 1. The summed E-state index contributed by atoms with van der Waals surface area (Å²) < 4.78 is 0. The van der Waals surface area contributed by atoms with Crippen LogP contribution in [-0.2, 0) is 6.54 Å². The molecule has 102 valence electrons. The van der Waals surface area contributed by atoms with E-state index in [1.54, 1.807) is 4.80 Å². The summed E-state index contributed by atoms with van der Waals surface area (Å²) >= 11 is 0. The molecule has 0 bridgehead atoms. The van der Waals surface area contributed by atoms with Gasteiger partial charge in [0, 0.05) is 5.56 Å². The van der Waals surface area contributed by atoms with Gasteiger partial charge in [-0.15, -0.1) is 10.2 Å². The first-order valence-electron chi connectivity index (χ1n) is 6.65. The molecule has 0 unspecified atom stereocenters. The summed E-state index contributed by atoms with van der Waals surface area (Å²) in [4.78, 5) is 9.30. The van der Waals surface area contributed by atoms with E-state index in [4.69, 9.17) is 0 Å². The second-order valence-electron chi connectivity index (χ2n) is 4.71. The van der Waals surface area contributed by atoms with Gasteiger partial charge in [0.25, 0.3) is 0 Å². The van der Waals surface area contributed by atoms with Crippen molar-refractivity contribution in [2.75, 3.05) is 0 Å². The lowest BCUT2D eigenvalue weighted by Gasteiger charge is -1.94. The Hall–Kier alpha value is -3.02. The highest BCUT2D eigenvalue weighted by molar-refractivity contribution is 5.74. The number of aromatic amines is 1. The van der Waals surface area contributed by atoms with Gasteiger partial charge in [-0.1, -0.05) is 42.5 Å².